The Bertz CT molecular complexity index is 888. The summed E-state index contributed by atoms with van der Waals surface area (Å²) in [7, 11) is 1.57. The number of nitrogens with zero attached hydrogens (tertiary/aromatic N) is 3. The number of pyridine rings is 1. The van der Waals surface area contributed by atoms with Crippen molar-refractivity contribution in [2.75, 3.05) is 12.4 Å². The van der Waals surface area contributed by atoms with Crippen LogP contribution in [0.1, 0.15) is 16.1 Å². The highest BCUT2D eigenvalue weighted by Gasteiger charge is 2.09. The molecule has 1 aromatic carbocycles. The summed E-state index contributed by atoms with van der Waals surface area (Å²) in [6.07, 6.45) is 3.34. The van der Waals surface area contributed by atoms with E-state index < -0.39 is 0 Å². The third-order valence-electron chi connectivity index (χ3n) is 3.52. The van der Waals surface area contributed by atoms with Gasteiger partial charge in [-0.1, -0.05) is 11.6 Å². The Labute approximate surface area is 155 Å². The van der Waals surface area contributed by atoms with Crippen LogP contribution in [0, 0.1) is 0 Å². The molecule has 0 saturated carbocycles. The minimum atomic E-state index is -0.304. The number of aromatic nitrogens is 3. The quantitative estimate of drug-likeness (QED) is 0.693. The number of benzene rings is 1. The first-order valence-electron chi connectivity index (χ1n) is 7.77. The molecule has 1 amide bonds. The number of halogens is 1. The molecule has 3 aromatic rings. The van der Waals surface area contributed by atoms with Gasteiger partial charge < -0.3 is 15.4 Å². The van der Waals surface area contributed by atoms with Crippen LogP contribution in [0.25, 0.3) is 0 Å². The van der Waals surface area contributed by atoms with E-state index in [0.717, 1.165) is 5.56 Å². The second kappa shape index (κ2) is 8.26. The van der Waals surface area contributed by atoms with Gasteiger partial charge in [0.05, 0.1) is 12.8 Å². The largest absolute Gasteiger partial charge is 0.495 e. The number of hydrogen-bond acceptors (Lipinski definition) is 6. The highest BCUT2D eigenvalue weighted by molar-refractivity contribution is 6.31. The van der Waals surface area contributed by atoms with E-state index in [1.54, 1.807) is 49.8 Å². The Kier molecular flexibility index (Phi) is 5.60. The number of methoxy groups -OCH3 is 1. The number of amides is 1. The number of ether oxygens (including phenoxy) is 1. The van der Waals surface area contributed by atoms with Crippen molar-refractivity contribution in [2.45, 2.75) is 6.54 Å². The van der Waals surface area contributed by atoms with E-state index >= 15 is 0 Å². The minimum Gasteiger partial charge on any atom is -0.495 e. The average molecular weight is 370 g/mol. The number of hydrogen-bond donors (Lipinski definition) is 2. The van der Waals surface area contributed by atoms with Crippen LogP contribution in [-0.4, -0.2) is 28.2 Å². The van der Waals surface area contributed by atoms with Crippen molar-refractivity contribution in [2.24, 2.45) is 0 Å². The van der Waals surface area contributed by atoms with Crippen molar-refractivity contribution in [3.8, 4) is 5.75 Å². The van der Waals surface area contributed by atoms with E-state index in [2.05, 4.69) is 25.8 Å². The molecule has 0 aliphatic heterocycles. The molecule has 8 heteroatoms. The lowest BCUT2D eigenvalue weighted by Crippen LogP contribution is -2.24. The molecule has 0 unspecified atom stereocenters. The first-order valence-corrected chi connectivity index (χ1v) is 8.15. The first kappa shape index (κ1) is 17.6. The fraction of sp³-hybridized carbons (Fsp3) is 0.111. The Hall–Kier alpha value is -3.19. The molecule has 2 N–H and O–H groups in total. The lowest BCUT2D eigenvalue weighted by atomic mass is 10.2. The maximum atomic E-state index is 12.1. The molecule has 0 aliphatic carbocycles. The maximum Gasteiger partial charge on any atom is 0.272 e. The van der Waals surface area contributed by atoms with Crippen LogP contribution in [0.15, 0.2) is 54.9 Å². The highest BCUT2D eigenvalue weighted by Crippen LogP contribution is 2.29. The summed E-state index contributed by atoms with van der Waals surface area (Å²) in [6.45, 7) is 0.392. The molecule has 0 radical (unpaired) electrons. The van der Waals surface area contributed by atoms with Crippen LogP contribution in [0.4, 0.5) is 11.5 Å². The number of anilines is 2. The standard InChI is InChI=1S/C18H16ClN5O2/c1-26-16-4-2-13(19)10-15(16)22-17-5-3-14(23-24-17)18(25)21-11-12-6-8-20-9-7-12/h2-10H,11H2,1H3,(H,21,25)(H,22,24). The summed E-state index contributed by atoms with van der Waals surface area (Å²) in [5.74, 6) is 0.785. The topological polar surface area (TPSA) is 89.0 Å². The molecule has 3 rings (SSSR count). The second-order valence-electron chi connectivity index (χ2n) is 5.31. The maximum absolute atomic E-state index is 12.1. The number of carbonyl (C=O) groups excluding carboxylic acids is 1. The molecule has 0 aliphatic rings. The Morgan fingerprint density at radius 2 is 1.92 bits per heavy atom. The van der Waals surface area contributed by atoms with Gasteiger partial charge >= 0.3 is 0 Å². The normalized spacial score (nSPS) is 10.2. The van der Waals surface area contributed by atoms with Gasteiger partial charge in [0, 0.05) is 24.0 Å². The molecule has 0 fully saturated rings. The van der Waals surface area contributed by atoms with Crippen molar-refractivity contribution in [1.29, 1.82) is 0 Å². The van der Waals surface area contributed by atoms with Crippen molar-refractivity contribution in [3.63, 3.8) is 0 Å². The zero-order valence-corrected chi connectivity index (χ0v) is 14.7. The second-order valence-corrected chi connectivity index (χ2v) is 5.75. The Morgan fingerprint density at radius 1 is 1.12 bits per heavy atom. The summed E-state index contributed by atoms with van der Waals surface area (Å²) in [4.78, 5) is 16.1. The van der Waals surface area contributed by atoms with Gasteiger partial charge in [-0.15, -0.1) is 10.2 Å². The predicted octanol–water partition coefficient (Wildman–Crippen LogP) is 3.21. The van der Waals surface area contributed by atoms with Gasteiger partial charge in [0.15, 0.2) is 11.5 Å². The molecule has 0 spiro atoms. The lowest BCUT2D eigenvalue weighted by Gasteiger charge is -2.10. The van der Waals surface area contributed by atoms with Crippen LogP contribution in [-0.2, 0) is 6.54 Å². The monoisotopic (exact) mass is 369 g/mol. The van der Waals surface area contributed by atoms with Crippen LogP contribution < -0.4 is 15.4 Å². The van der Waals surface area contributed by atoms with Crippen LogP contribution in [0.3, 0.4) is 0 Å². The fourth-order valence-electron chi connectivity index (χ4n) is 2.21. The molecular weight excluding hydrogens is 354 g/mol. The van der Waals surface area contributed by atoms with E-state index in [1.165, 1.54) is 0 Å². The van der Waals surface area contributed by atoms with Gasteiger partial charge in [-0.25, -0.2) is 0 Å². The van der Waals surface area contributed by atoms with Crippen molar-refractivity contribution in [3.05, 3.63) is 71.1 Å². The lowest BCUT2D eigenvalue weighted by molar-refractivity contribution is 0.0945. The van der Waals surface area contributed by atoms with E-state index in [9.17, 15) is 4.79 Å². The molecule has 132 valence electrons. The number of carbonyl (C=O) groups is 1. The van der Waals surface area contributed by atoms with Crippen molar-refractivity contribution < 1.29 is 9.53 Å². The molecule has 0 saturated heterocycles. The smallest absolute Gasteiger partial charge is 0.272 e. The summed E-state index contributed by atoms with van der Waals surface area (Å²) in [5.41, 5.74) is 1.83. The third-order valence-corrected chi connectivity index (χ3v) is 3.76. The third kappa shape index (κ3) is 4.46. The summed E-state index contributed by atoms with van der Waals surface area (Å²) >= 11 is 6.00. The van der Waals surface area contributed by atoms with E-state index in [1.807, 2.05) is 12.1 Å². The van der Waals surface area contributed by atoms with E-state index in [4.69, 9.17) is 16.3 Å². The zero-order chi connectivity index (χ0) is 18.4. The molecule has 7 nitrogen and oxygen atoms in total. The Balaban J connectivity index is 1.65. The molecule has 2 heterocycles. The van der Waals surface area contributed by atoms with E-state index in [-0.39, 0.29) is 11.6 Å². The van der Waals surface area contributed by atoms with Gasteiger partial charge in [0.25, 0.3) is 5.91 Å². The summed E-state index contributed by atoms with van der Waals surface area (Å²) in [5, 5.41) is 14.4. The van der Waals surface area contributed by atoms with Crippen LogP contribution in [0.2, 0.25) is 5.02 Å². The number of nitrogens with one attached hydrogen (secondary N) is 2. The van der Waals surface area contributed by atoms with Crippen LogP contribution >= 0.6 is 11.6 Å². The zero-order valence-electron chi connectivity index (χ0n) is 13.9. The van der Waals surface area contributed by atoms with Gasteiger partial charge in [-0.2, -0.15) is 0 Å². The highest BCUT2D eigenvalue weighted by atomic mass is 35.5. The molecule has 2 aromatic heterocycles. The molecule has 0 bridgehead atoms. The number of rotatable bonds is 6. The minimum absolute atomic E-state index is 0.225. The van der Waals surface area contributed by atoms with Gasteiger partial charge in [0.1, 0.15) is 5.75 Å². The summed E-state index contributed by atoms with van der Waals surface area (Å²) in [6, 6.07) is 12.1. The predicted molar refractivity (Wildman–Crippen MR) is 98.7 cm³/mol. The van der Waals surface area contributed by atoms with Crippen molar-refractivity contribution in [1.82, 2.24) is 20.5 Å². The molecule has 0 atom stereocenters. The van der Waals surface area contributed by atoms with Gasteiger partial charge in [0.2, 0.25) is 0 Å². The molecule has 26 heavy (non-hydrogen) atoms. The molecular formula is C18H16ClN5O2. The average Bonchev–Trinajstić information content (AvgIpc) is 2.68. The Morgan fingerprint density at radius 3 is 2.62 bits per heavy atom. The van der Waals surface area contributed by atoms with Gasteiger partial charge in [-0.3, -0.25) is 9.78 Å². The van der Waals surface area contributed by atoms with Gasteiger partial charge in [-0.05, 0) is 48.0 Å². The SMILES string of the molecule is COc1ccc(Cl)cc1Nc1ccc(C(=O)NCc2ccncc2)nn1. The fourth-order valence-corrected chi connectivity index (χ4v) is 2.38. The van der Waals surface area contributed by atoms with Crippen LogP contribution in [0.5, 0.6) is 5.75 Å². The van der Waals surface area contributed by atoms with E-state index in [0.29, 0.717) is 28.8 Å². The van der Waals surface area contributed by atoms with Crippen molar-refractivity contribution >= 4 is 29.0 Å². The summed E-state index contributed by atoms with van der Waals surface area (Å²) < 4.78 is 5.27. The first-order chi connectivity index (χ1) is 12.7.